The molecule has 2 aromatic heterocycles. The second kappa shape index (κ2) is 11.1. The van der Waals surface area contributed by atoms with Crippen LogP contribution in [0.1, 0.15) is 32.9 Å². The molecule has 200 valence electrons. The number of nitrogens with zero attached hydrogens (tertiary/aromatic N) is 5. The van der Waals surface area contributed by atoms with Crippen molar-refractivity contribution < 1.29 is 18.0 Å². The molecule has 0 unspecified atom stereocenters. The smallest absolute Gasteiger partial charge is 0.322 e. The second-order valence-corrected chi connectivity index (χ2v) is 9.69. The number of benzene rings is 2. The first-order valence-corrected chi connectivity index (χ1v) is 12.6. The maximum atomic E-state index is 13.9. The van der Waals surface area contributed by atoms with Gasteiger partial charge in [-0.25, -0.2) is 0 Å². The standard InChI is InChI=1S/C28H24ClF3N6O/c1-36-12-14-37(15-13-36)18-21-9-10-22(17-23(21)28(30,31)32)33-27(39)20-5-2-4-19(16-20)8-11-26-35-34-25-7-3-6-24(29)38(25)26/h2-7,9-10,16-17H,12-15,18H2,1H3,(H,33,39). The van der Waals surface area contributed by atoms with Crippen LogP contribution in [0.2, 0.25) is 5.15 Å². The SMILES string of the molecule is CN1CCN(Cc2ccc(NC(=O)c3cccc(C#Cc4nnc5cccc(Cl)n45)c3)cc2C(F)(F)F)CC1. The van der Waals surface area contributed by atoms with E-state index in [1.165, 1.54) is 12.1 Å². The van der Waals surface area contributed by atoms with Crippen LogP contribution in [0.15, 0.2) is 60.7 Å². The largest absolute Gasteiger partial charge is 0.416 e. The van der Waals surface area contributed by atoms with Crippen molar-refractivity contribution >= 4 is 28.8 Å². The van der Waals surface area contributed by atoms with Crippen LogP contribution < -0.4 is 5.32 Å². The van der Waals surface area contributed by atoms with Gasteiger partial charge in [0.25, 0.3) is 5.91 Å². The van der Waals surface area contributed by atoms with Crippen LogP contribution in [0.3, 0.4) is 0 Å². The maximum Gasteiger partial charge on any atom is 0.416 e. The Morgan fingerprint density at radius 1 is 1.00 bits per heavy atom. The quantitative estimate of drug-likeness (QED) is 0.291. The molecular weight excluding hydrogens is 529 g/mol. The van der Waals surface area contributed by atoms with E-state index in [0.29, 0.717) is 35.3 Å². The molecule has 3 heterocycles. The number of aromatic nitrogens is 3. The molecule has 2 aromatic carbocycles. The van der Waals surface area contributed by atoms with Gasteiger partial charge in [-0.3, -0.25) is 14.1 Å². The van der Waals surface area contributed by atoms with E-state index < -0.39 is 17.6 Å². The number of carbonyl (C=O) groups is 1. The van der Waals surface area contributed by atoms with Crippen molar-refractivity contribution in [1.82, 2.24) is 24.4 Å². The Morgan fingerprint density at radius 2 is 1.77 bits per heavy atom. The minimum Gasteiger partial charge on any atom is -0.322 e. The minimum atomic E-state index is -4.55. The Bertz CT molecular complexity index is 1580. The molecular formula is C28H24ClF3N6O. The minimum absolute atomic E-state index is 0.0653. The predicted molar refractivity (Wildman–Crippen MR) is 143 cm³/mol. The molecule has 1 saturated heterocycles. The van der Waals surface area contributed by atoms with Gasteiger partial charge in [0.05, 0.1) is 5.56 Å². The van der Waals surface area contributed by atoms with Crippen molar-refractivity contribution in [1.29, 1.82) is 0 Å². The monoisotopic (exact) mass is 552 g/mol. The Hall–Kier alpha value is -3.91. The molecule has 0 atom stereocenters. The maximum absolute atomic E-state index is 13.9. The third-order valence-corrected chi connectivity index (χ3v) is 6.78. The number of carbonyl (C=O) groups excluding carboxylic acids is 1. The topological polar surface area (TPSA) is 65.8 Å². The number of hydrogen-bond donors (Lipinski definition) is 1. The van der Waals surface area contributed by atoms with Crippen molar-refractivity contribution in [2.45, 2.75) is 12.7 Å². The van der Waals surface area contributed by atoms with Crippen LogP contribution in [-0.4, -0.2) is 63.5 Å². The molecule has 0 saturated carbocycles. The molecule has 4 aromatic rings. The summed E-state index contributed by atoms with van der Waals surface area (Å²) >= 11 is 6.22. The van der Waals surface area contributed by atoms with E-state index in [2.05, 4.69) is 32.3 Å². The van der Waals surface area contributed by atoms with Crippen LogP contribution in [0.4, 0.5) is 18.9 Å². The molecule has 0 spiro atoms. The van der Waals surface area contributed by atoms with Crippen LogP contribution >= 0.6 is 11.6 Å². The van der Waals surface area contributed by atoms with Gasteiger partial charge in [-0.05, 0) is 61.0 Å². The summed E-state index contributed by atoms with van der Waals surface area (Å²) in [6.07, 6.45) is -4.55. The number of fused-ring (bicyclic) bond motifs is 1. The first kappa shape index (κ1) is 26.7. The highest BCUT2D eigenvalue weighted by molar-refractivity contribution is 6.29. The molecule has 39 heavy (non-hydrogen) atoms. The number of likely N-dealkylation sites (N-methyl/N-ethyl adjacent to an activating group) is 1. The summed E-state index contributed by atoms with van der Waals surface area (Å²) in [6.45, 7) is 3.21. The third kappa shape index (κ3) is 6.23. The van der Waals surface area contributed by atoms with Crippen molar-refractivity contribution in [2.75, 3.05) is 38.5 Å². The van der Waals surface area contributed by atoms with Crippen molar-refractivity contribution in [3.63, 3.8) is 0 Å². The molecule has 1 amide bonds. The lowest BCUT2D eigenvalue weighted by Crippen LogP contribution is -2.44. The van der Waals surface area contributed by atoms with Crippen LogP contribution in [0, 0.1) is 11.8 Å². The summed E-state index contributed by atoms with van der Waals surface area (Å²) in [4.78, 5) is 17.1. The summed E-state index contributed by atoms with van der Waals surface area (Å²) in [7, 11) is 1.99. The zero-order chi connectivity index (χ0) is 27.6. The Kier molecular flexibility index (Phi) is 7.57. The molecule has 1 fully saturated rings. The van der Waals surface area contributed by atoms with E-state index in [1.807, 2.05) is 11.9 Å². The fourth-order valence-corrected chi connectivity index (χ4v) is 4.60. The van der Waals surface area contributed by atoms with Gasteiger partial charge in [-0.15, -0.1) is 10.2 Å². The van der Waals surface area contributed by atoms with Gasteiger partial charge < -0.3 is 10.2 Å². The van der Waals surface area contributed by atoms with E-state index in [1.54, 1.807) is 46.9 Å². The van der Waals surface area contributed by atoms with Gasteiger partial charge in [0.2, 0.25) is 5.82 Å². The normalized spacial score (nSPS) is 14.7. The Morgan fingerprint density at radius 3 is 2.54 bits per heavy atom. The number of hydrogen-bond acceptors (Lipinski definition) is 5. The van der Waals surface area contributed by atoms with Crippen LogP contribution in [-0.2, 0) is 12.7 Å². The summed E-state index contributed by atoms with van der Waals surface area (Å²) in [5.41, 5.74) is 0.815. The Labute approximate surface area is 228 Å². The van der Waals surface area contributed by atoms with Gasteiger partial charge in [-0.1, -0.05) is 35.7 Å². The van der Waals surface area contributed by atoms with Gasteiger partial charge in [0.15, 0.2) is 5.65 Å². The molecule has 0 bridgehead atoms. The molecule has 11 heteroatoms. The van der Waals surface area contributed by atoms with Gasteiger partial charge in [0, 0.05) is 49.5 Å². The van der Waals surface area contributed by atoms with E-state index in [4.69, 9.17) is 11.6 Å². The zero-order valence-corrected chi connectivity index (χ0v) is 21.7. The summed E-state index contributed by atoms with van der Waals surface area (Å²) in [5, 5.41) is 11.1. The molecule has 1 N–H and O–H groups in total. The highest BCUT2D eigenvalue weighted by Crippen LogP contribution is 2.34. The summed E-state index contributed by atoms with van der Waals surface area (Å²) in [6, 6.07) is 15.6. The number of alkyl halides is 3. The number of pyridine rings is 1. The number of amides is 1. The number of piperazine rings is 1. The lowest BCUT2D eigenvalue weighted by Gasteiger charge is -2.33. The molecule has 1 aliphatic heterocycles. The van der Waals surface area contributed by atoms with Crippen molar-refractivity contribution in [3.8, 4) is 11.8 Å². The van der Waals surface area contributed by atoms with E-state index >= 15 is 0 Å². The third-order valence-electron chi connectivity index (χ3n) is 6.49. The average molecular weight is 553 g/mol. The molecule has 5 rings (SSSR count). The second-order valence-electron chi connectivity index (χ2n) is 9.30. The van der Waals surface area contributed by atoms with E-state index in [9.17, 15) is 18.0 Å². The van der Waals surface area contributed by atoms with Crippen LogP contribution in [0.25, 0.3) is 5.65 Å². The van der Waals surface area contributed by atoms with Crippen molar-refractivity contribution in [3.05, 3.63) is 93.9 Å². The van der Waals surface area contributed by atoms with Gasteiger partial charge >= 0.3 is 6.18 Å². The fourth-order valence-electron chi connectivity index (χ4n) is 4.36. The highest BCUT2D eigenvalue weighted by Gasteiger charge is 2.34. The van der Waals surface area contributed by atoms with Crippen molar-refractivity contribution in [2.24, 2.45) is 0 Å². The summed E-state index contributed by atoms with van der Waals surface area (Å²) < 4.78 is 43.3. The first-order valence-electron chi connectivity index (χ1n) is 12.2. The van der Waals surface area contributed by atoms with Gasteiger partial charge in [-0.2, -0.15) is 13.2 Å². The first-order chi connectivity index (χ1) is 18.7. The number of anilines is 1. The molecule has 1 aliphatic rings. The lowest BCUT2D eigenvalue weighted by molar-refractivity contribution is -0.138. The Balaban J connectivity index is 1.33. The highest BCUT2D eigenvalue weighted by atomic mass is 35.5. The predicted octanol–water partition coefficient (Wildman–Crippen LogP) is 4.80. The fraction of sp³-hybridized carbons (Fsp3) is 0.250. The van der Waals surface area contributed by atoms with Crippen LogP contribution in [0.5, 0.6) is 0 Å². The lowest BCUT2D eigenvalue weighted by atomic mass is 10.0. The number of halogens is 4. The van der Waals surface area contributed by atoms with Gasteiger partial charge in [0.1, 0.15) is 5.15 Å². The number of nitrogens with one attached hydrogen (secondary N) is 1. The van der Waals surface area contributed by atoms with E-state index in [-0.39, 0.29) is 23.4 Å². The average Bonchev–Trinajstić information content (AvgIpc) is 3.33. The summed E-state index contributed by atoms with van der Waals surface area (Å²) in [5.74, 6) is 5.62. The number of rotatable bonds is 4. The molecule has 7 nitrogen and oxygen atoms in total. The van der Waals surface area contributed by atoms with E-state index in [0.717, 1.165) is 19.2 Å². The zero-order valence-electron chi connectivity index (χ0n) is 21.0. The molecule has 0 radical (unpaired) electrons. The molecule has 0 aliphatic carbocycles.